The van der Waals surface area contributed by atoms with E-state index in [0.717, 1.165) is 28.6 Å². The van der Waals surface area contributed by atoms with Gasteiger partial charge in [0.15, 0.2) is 0 Å². The molecule has 2 aromatic rings. The van der Waals surface area contributed by atoms with Gasteiger partial charge >= 0.3 is 0 Å². The van der Waals surface area contributed by atoms with Gasteiger partial charge in [-0.05, 0) is 49.2 Å². The van der Waals surface area contributed by atoms with E-state index in [-0.39, 0.29) is 0 Å². The summed E-state index contributed by atoms with van der Waals surface area (Å²) in [6, 6.07) is 14.0. The molecule has 3 heteroatoms. The van der Waals surface area contributed by atoms with Crippen LogP contribution in [0.3, 0.4) is 0 Å². The van der Waals surface area contributed by atoms with Gasteiger partial charge in [-0.3, -0.25) is 0 Å². The Morgan fingerprint density at radius 3 is 2.74 bits per heavy atom. The van der Waals surface area contributed by atoms with E-state index in [1.165, 1.54) is 5.56 Å². The molecule has 0 amide bonds. The van der Waals surface area contributed by atoms with Crippen LogP contribution in [0.2, 0.25) is 5.02 Å². The number of benzene rings is 2. The molecule has 0 aliphatic carbocycles. The van der Waals surface area contributed by atoms with Crippen molar-refractivity contribution in [1.82, 2.24) is 0 Å². The average molecular weight is 276 g/mol. The molecule has 2 rings (SSSR count). The van der Waals surface area contributed by atoms with E-state index in [2.05, 4.69) is 18.3 Å². The minimum Gasteiger partial charge on any atom is -0.492 e. The topological polar surface area (TPSA) is 21.3 Å². The lowest BCUT2D eigenvalue weighted by atomic mass is 10.2. The molecule has 0 unspecified atom stereocenters. The lowest BCUT2D eigenvalue weighted by Crippen LogP contribution is -2.03. The summed E-state index contributed by atoms with van der Waals surface area (Å²) in [4.78, 5) is 0. The maximum Gasteiger partial charge on any atom is 0.142 e. The third-order valence-corrected chi connectivity index (χ3v) is 3.04. The molecule has 0 atom stereocenters. The summed E-state index contributed by atoms with van der Waals surface area (Å²) in [6.45, 7) is 5.44. The first kappa shape index (κ1) is 13.8. The van der Waals surface area contributed by atoms with Gasteiger partial charge in [-0.25, -0.2) is 0 Å². The van der Waals surface area contributed by atoms with Crippen molar-refractivity contribution in [2.75, 3.05) is 11.9 Å². The normalized spacial score (nSPS) is 10.3. The molecule has 0 aromatic heterocycles. The molecule has 0 heterocycles. The molecule has 2 aromatic carbocycles. The zero-order chi connectivity index (χ0) is 13.7. The Bertz CT molecular complexity index is 554. The van der Waals surface area contributed by atoms with Crippen LogP contribution >= 0.6 is 11.6 Å². The second-order valence-corrected chi connectivity index (χ2v) is 4.85. The third-order valence-electron chi connectivity index (χ3n) is 2.81. The van der Waals surface area contributed by atoms with E-state index in [0.29, 0.717) is 6.61 Å². The number of ether oxygens (including phenoxy) is 1. The molecule has 0 saturated carbocycles. The molecule has 100 valence electrons. The molecule has 0 aliphatic rings. The fraction of sp³-hybridized carbons (Fsp3) is 0.250. The summed E-state index contributed by atoms with van der Waals surface area (Å²) < 4.78 is 5.64. The minimum absolute atomic E-state index is 0.662. The van der Waals surface area contributed by atoms with Gasteiger partial charge in [0.25, 0.3) is 0 Å². The first-order valence-corrected chi connectivity index (χ1v) is 6.78. The highest BCUT2D eigenvalue weighted by Gasteiger charge is 2.03. The fourth-order valence-corrected chi connectivity index (χ4v) is 2.11. The Kier molecular flexibility index (Phi) is 4.69. The van der Waals surface area contributed by atoms with E-state index < -0.39 is 0 Å². The number of aryl methyl sites for hydroxylation is 1. The maximum absolute atomic E-state index is 5.98. The van der Waals surface area contributed by atoms with Crippen LogP contribution in [0.15, 0.2) is 42.5 Å². The molecule has 19 heavy (non-hydrogen) atoms. The molecule has 1 N–H and O–H groups in total. The highest BCUT2D eigenvalue weighted by Crippen LogP contribution is 2.26. The molecule has 0 fully saturated rings. The van der Waals surface area contributed by atoms with Gasteiger partial charge in [-0.15, -0.1) is 0 Å². The summed E-state index contributed by atoms with van der Waals surface area (Å²) in [7, 11) is 0. The van der Waals surface area contributed by atoms with Gasteiger partial charge in [0.1, 0.15) is 5.75 Å². The second kappa shape index (κ2) is 6.48. The van der Waals surface area contributed by atoms with Gasteiger partial charge in [0.2, 0.25) is 0 Å². The van der Waals surface area contributed by atoms with E-state index in [1.54, 1.807) is 0 Å². The van der Waals surface area contributed by atoms with Crippen LogP contribution in [0.5, 0.6) is 5.75 Å². The average Bonchev–Trinajstić information content (AvgIpc) is 2.38. The summed E-state index contributed by atoms with van der Waals surface area (Å²) in [6.07, 6.45) is 0. The molecular weight excluding hydrogens is 258 g/mol. The highest BCUT2D eigenvalue weighted by molar-refractivity contribution is 6.30. The number of halogens is 1. The second-order valence-electron chi connectivity index (χ2n) is 4.42. The Morgan fingerprint density at radius 1 is 1.16 bits per heavy atom. The summed E-state index contributed by atoms with van der Waals surface area (Å²) in [5.41, 5.74) is 3.35. The Labute approximate surface area is 119 Å². The van der Waals surface area contributed by atoms with Crippen molar-refractivity contribution in [1.29, 1.82) is 0 Å². The van der Waals surface area contributed by atoms with Crippen molar-refractivity contribution in [3.63, 3.8) is 0 Å². The van der Waals surface area contributed by atoms with Crippen molar-refractivity contribution < 1.29 is 4.74 Å². The molecule has 0 saturated heterocycles. The van der Waals surface area contributed by atoms with Crippen LogP contribution < -0.4 is 10.1 Å². The van der Waals surface area contributed by atoms with Crippen LogP contribution in [-0.2, 0) is 6.54 Å². The van der Waals surface area contributed by atoms with Crippen molar-refractivity contribution in [3.8, 4) is 5.75 Å². The lowest BCUT2D eigenvalue weighted by molar-refractivity contribution is 0.341. The number of hydrogen-bond acceptors (Lipinski definition) is 2. The quantitative estimate of drug-likeness (QED) is 0.857. The Hall–Kier alpha value is -1.67. The third kappa shape index (κ3) is 3.90. The predicted molar refractivity (Wildman–Crippen MR) is 81.1 cm³/mol. The number of anilines is 1. The van der Waals surface area contributed by atoms with Crippen LogP contribution in [0.4, 0.5) is 5.69 Å². The summed E-state index contributed by atoms with van der Waals surface area (Å²) in [5, 5.41) is 4.14. The van der Waals surface area contributed by atoms with E-state index in [9.17, 15) is 0 Å². The van der Waals surface area contributed by atoms with Gasteiger partial charge in [0.05, 0.1) is 12.3 Å². The van der Waals surface area contributed by atoms with Gasteiger partial charge in [-0.1, -0.05) is 29.8 Å². The standard InChI is InChI=1S/C16H18ClNO/c1-3-19-16-9-12(2)7-8-15(16)18-11-13-5-4-6-14(17)10-13/h4-10,18H,3,11H2,1-2H3. The Morgan fingerprint density at radius 2 is 2.00 bits per heavy atom. The van der Waals surface area contributed by atoms with Crippen molar-refractivity contribution >= 4 is 17.3 Å². The summed E-state index contributed by atoms with van der Waals surface area (Å²) in [5.74, 6) is 0.893. The zero-order valence-corrected chi connectivity index (χ0v) is 12.0. The molecule has 0 aliphatic heterocycles. The SMILES string of the molecule is CCOc1cc(C)ccc1NCc1cccc(Cl)c1. The van der Waals surface area contributed by atoms with Crippen LogP contribution in [0.25, 0.3) is 0 Å². The maximum atomic E-state index is 5.98. The van der Waals surface area contributed by atoms with E-state index in [4.69, 9.17) is 16.3 Å². The zero-order valence-electron chi connectivity index (χ0n) is 11.2. The predicted octanol–water partition coefficient (Wildman–Crippen LogP) is 4.66. The van der Waals surface area contributed by atoms with Gasteiger partial charge in [-0.2, -0.15) is 0 Å². The highest BCUT2D eigenvalue weighted by atomic mass is 35.5. The first-order valence-electron chi connectivity index (χ1n) is 6.41. The van der Waals surface area contributed by atoms with Crippen molar-refractivity contribution in [3.05, 3.63) is 58.6 Å². The monoisotopic (exact) mass is 275 g/mol. The van der Waals surface area contributed by atoms with E-state index in [1.807, 2.05) is 43.3 Å². The Balaban J connectivity index is 2.10. The van der Waals surface area contributed by atoms with Gasteiger partial charge in [0, 0.05) is 11.6 Å². The number of nitrogens with one attached hydrogen (secondary N) is 1. The van der Waals surface area contributed by atoms with Crippen LogP contribution in [0.1, 0.15) is 18.1 Å². The molecule has 2 nitrogen and oxygen atoms in total. The molecule has 0 radical (unpaired) electrons. The first-order chi connectivity index (χ1) is 9.19. The number of rotatable bonds is 5. The molecule has 0 bridgehead atoms. The van der Waals surface area contributed by atoms with Crippen LogP contribution in [0, 0.1) is 6.92 Å². The van der Waals surface area contributed by atoms with Crippen molar-refractivity contribution in [2.45, 2.75) is 20.4 Å². The van der Waals surface area contributed by atoms with E-state index >= 15 is 0 Å². The van der Waals surface area contributed by atoms with Crippen molar-refractivity contribution in [2.24, 2.45) is 0 Å². The fourth-order valence-electron chi connectivity index (χ4n) is 1.89. The summed E-state index contributed by atoms with van der Waals surface area (Å²) >= 11 is 5.98. The van der Waals surface area contributed by atoms with Gasteiger partial charge < -0.3 is 10.1 Å². The largest absolute Gasteiger partial charge is 0.492 e. The number of hydrogen-bond donors (Lipinski definition) is 1. The molecule has 0 spiro atoms. The molecular formula is C16H18ClNO. The smallest absolute Gasteiger partial charge is 0.142 e. The van der Waals surface area contributed by atoms with Crippen LogP contribution in [-0.4, -0.2) is 6.61 Å². The lowest BCUT2D eigenvalue weighted by Gasteiger charge is -2.13. The minimum atomic E-state index is 0.662.